The molecule has 4 atom stereocenters. The zero-order chi connectivity index (χ0) is 10.7. The highest BCUT2D eigenvalue weighted by Gasteiger charge is 2.60. The first kappa shape index (κ1) is 11.6. The van der Waals surface area contributed by atoms with E-state index in [1.165, 1.54) is 6.42 Å². The Hall–Kier alpha value is 1.09. The molecule has 4 heteroatoms. The van der Waals surface area contributed by atoms with Crippen LogP contribution < -0.4 is 0 Å². The second kappa shape index (κ2) is 3.29. The Morgan fingerprint density at radius 1 is 1.14 bits per heavy atom. The van der Waals surface area contributed by atoms with Crippen molar-refractivity contribution in [3.05, 3.63) is 0 Å². The van der Waals surface area contributed by atoms with Crippen molar-refractivity contribution < 1.29 is 0 Å². The van der Waals surface area contributed by atoms with Crippen molar-refractivity contribution in [1.82, 2.24) is 0 Å². The minimum atomic E-state index is -2.48. The molecule has 82 valence electrons. The minimum Gasteiger partial charge on any atom is -0.126 e. The molecule has 3 saturated carbocycles. The zero-order valence-corrected chi connectivity index (χ0v) is 12.1. The van der Waals surface area contributed by atoms with Gasteiger partial charge in [0.1, 0.15) is 0 Å². The molecular weight excluding hydrogens is 255 g/mol. The lowest BCUT2D eigenvalue weighted by Crippen LogP contribution is -2.56. The molecule has 0 aliphatic heterocycles. The number of hydrogen-bond donors (Lipinski definition) is 0. The minimum absolute atomic E-state index is 0.393. The summed E-state index contributed by atoms with van der Waals surface area (Å²) in [6.45, 7) is 7.03. The summed E-state index contributed by atoms with van der Waals surface area (Å²) in [5.74, 6) is 2.19. The van der Waals surface area contributed by atoms with Gasteiger partial charge in [-0.3, -0.25) is 0 Å². The molecule has 3 aliphatic carbocycles. The highest BCUT2D eigenvalue weighted by molar-refractivity contribution is 7.65. The summed E-state index contributed by atoms with van der Waals surface area (Å²) in [5, 5.41) is 0. The van der Waals surface area contributed by atoms with Gasteiger partial charge < -0.3 is 0 Å². The van der Waals surface area contributed by atoms with Gasteiger partial charge in [-0.1, -0.05) is 20.8 Å². The van der Waals surface area contributed by atoms with Gasteiger partial charge in [0.25, 0.3) is 0 Å². The van der Waals surface area contributed by atoms with Crippen molar-refractivity contribution >= 4 is 39.2 Å². The quantitative estimate of drug-likeness (QED) is 0.478. The molecule has 14 heavy (non-hydrogen) atoms. The molecule has 0 spiro atoms. The van der Waals surface area contributed by atoms with Crippen LogP contribution in [0.1, 0.15) is 33.6 Å². The van der Waals surface area contributed by atoms with Crippen LogP contribution in [0.15, 0.2) is 0 Å². The number of rotatable bonds is 1. The molecule has 3 fully saturated rings. The Bertz CT molecular complexity index is 246. The van der Waals surface area contributed by atoms with Gasteiger partial charge in [0, 0.05) is 0 Å². The molecule has 0 N–H and O–H groups in total. The van der Waals surface area contributed by atoms with Crippen LogP contribution in [0.3, 0.4) is 0 Å². The van der Waals surface area contributed by atoms with Crippen molar-refractivity contribution in [3.8, 4) is 0 Å². The molecule has 0 aromatic rings. The van der Waals surface area contributed by atoms with Crippen LogP contribution in [0.5, 0.6) is 0 Å². The fourth-order valence-electron chi connectivity index (χ4n) is 3.58. The molecule has 0 nitrogen and oxygen atoms in total. The van der Waals surface area contributed by atoms with E-state index < -0.39 is 6.00 Å². The Labute approximate surface area is 101 Å². The number of halogens is 3. The highest BCUT2D eigenvalue weighted by Crippen LogP contribution is 2.67. The molecule has 4 unspecified atom stereocenters. The monoisotopic (exact) mass is 270 g/mol. The van der Waals surface area contributed by atoms with Gasteiger partial charge in [-0.15, -0.1) is 33.2 Å². The fourth-order valence-corrected chi connectivity index (χ4v) is 7.55. The molecule has 0 radical (unpaired) electrons. The maximum atomic E-state index is 6.16. The SMILES string of the molecule is CC1C2CC(CC1[Si](Cl)(Cl)Cl)C2(C)C. The summed E-state index contributed by atoms with van der Waals surface area (Å²) in [7, 11) is 0. The maximum absolute atomic E-state index is 6.16. The van der Waals surface area contributed by atoms with Crippen LogP contribution in [0.4, 0.5) is 0 Å². The fraction of sp³-hybridized carbons (Fsp3) is 1.00. The topological polar surface area (TPSA) is 0 Å². The number of fused-ring (bicyclic) bond motifs is 2. The smallest absolute Gasteiger partial charge is 0.126 e. The largest absolute Gasteiger partial charge is 0.344 e. The van der Waals surface area contributed by atoms with Crippen LogP contribution in [0, 0.1) is 23.2 Å². The molecule has 2 bridgehead atoms. The van der Waals surface area contributed by atoms with E-state index in [9.17, 15) is 0 Å². The molecule has 0 saturated heterocycles. The van der Waals surface area contributed by atoms with E-state index in [0.717, 1.165) is 18.3 Å². The van der Waals surface area contributed by atoms with Gasteiger partial charge in [0.2, 0.25) is 0 Å². The second-order valence-electron chi connectivity index (χ2n) is 5.60. The third-order valence-electron chi connectivity index (χ3n) is 4.77. The van der Waals surface area contributed by atoms with Crippen LogP contribution >= 0.6 is 33.2 Å². The maximum Gasteiger partial charge on any atom is 0.344 e. The van der Waals surface area contributed by atoms with Gasteiger partial charge >= 0.3 is 6.00 Å². The van der Waals surface area contributed by atoms with Crippen molar-refractivity contribution in [1.29, 1.82) is 0 Å². The third kappa shape index (κ3) is 1.55. The van der Waals surface area contributed by atoms with Gasteiger partial charge in [0.15, 0.2) is 0 Å². The van der Waals surface area contributed by atoms with E-state index in [2.05, 4.69) is 20.8 Å². The molecule has 0 aromatic carbocycles. The van der Waals surface area contributed by atoms with E-state index in [1.807, 2.05) is 0 Å². The van der Waals surface area contributed by atoms with Crippen LogP contribution in [-0.4, -0.2) is 6.00 Å². The molecular formula is C10H17Cl3Si. The lowest BCUT2D eigenvalue weighted by Gasteiger charge is -2.62. The summed E-state index contributed by atoms with van der Waals surface area (Å²) in [4.78, 5) is 0. The van der Waals surface area contributed by atoms with Crippen molar-refractivity contribution in [2.24, 2.45) is 23.2 Å². The molecule has 0 amide bonds. The Morgan fingerprint density at radius 2 is 1.71 bits per heavy atom. The van der Waals surface area contributed by atoms with Crippen molar-refractivity contribution in [3.63, 3.8) is 0 Å². The summed E-state index contributed by atoms with van der Waals surface area (Å²) >= 11 is 18.5. The molecule has 3 rings (SSSR count). The van der Waals surface area contributed by atoms with E-state index in [0.29, 0.717) is 16.9 Å². The first-order valence-electron chi connectivity index (χ1n) is 5.31. The zero-order valence-electron chi connectivity index (χ0n) is 8.86. The van der Waals surface area contributed by atoms with E-state index in [1.54, 1.807) is 0 Å². The van der Waals surface area contributed by atoms with E-state index in [4.69, 9.17) is 33.2 Å². The standard InChI is InChI=1S/C10H17Cl3Si/c1-6-8-4-7(10(8,2)3)5-9(6)14(11,12)13/h6-9H,4-5H2,1-3H3. The van der Waals surface area contributed by atoms with Crippen molar-refractivity contribution in [2.75, 3.05) is 0 Å². The average Bonchev–Trinajstić information content (AvgIpc) is 2.01. The molecule has 3 aliphatic rings. The summed E-state index contributed by atoms with van der Waals surface area (Å²) in [6.07, 6.45) is 2.51. The normalized spacial score (nSPS) is 45.9. The first-order chi connectivity index (χ1) is 6.24. The van der Waals surface area contributed by atoms with Gasteiger partial charge in [-0.2, -0.15) is 0 Å². The molecule has 0 heterocycles. The Kier molecular flexibility index (Phi) is 2.72. The van der Waals surface area contributed by atoms with E-state index in [-0.39, 0.29) is 0 Å². The lowest BCUT2D eigenvalue weighted by atomic mass is 9.46. The van der Waals surface area contributed by atoms with Gasteiger partial charge in [0.05, 0.1) is 0 Å². The molecule has 0 aromatic heterocycles. The van der Waals surface area contributed by atoms with Gasteiger partial charge in [-0.25, -0.2) is 0 Å². The first-order valence-corrected chi connectivity index (χ1v) is 10.4. The van der Waals surface area contributed by atoms with Crippen LogP contribution in [-0.2, 0) is 0 Å². The highest BCUT2D eigenvalue weighted by atomic mass is 35.8. The van der Waals surface area contributed by atoms with Gasteiger partial charge in [-0.05, 0) is 41.6 Å². The second-order valence-corrected chi connectivity index (χ2v) is 14.5. The third-order valence-corrected chi connectivity index (χ3v) is 8.90. The van der Waals surface area contributed by atoms with E-state index >= 15 is 0 Å². The average molecular weight is 272 g/mol. The van der Waals surface area contributed by atoms with Crippen molar-refractivity contribution in [2.45, 2.75) is 39.2 Å². The lowest BCUT2D eigenvalue weighted by molar-refractivity contribution is -0.0986. The Morgan fingerprint density at radius 3 is 2.07 bits per heavy atom. The predicted molar refractivity (Wildman–Crippen MR) is 66.2 cm³/mol. The van der Waals surface area contributed by atoms with Crippen LogP contribution in [0.25, 0.3) is 0 Å². The number of hydrogen-bond acceptors (Lipinski definition) is 0. The summed E-state index contributed by atoms with van der Waals surface area (Å²) in [6, 6.07) is -2.48. The summed E-state index contributed by atoms with van der Waals surface area (Å²) < 4.78 is 0. The van der Waals surface area contributed by atoms with Crippen LogP contribution in [0.2, 0.25) is 5.54 Å². The Balaban J connectivity index is 2.16. The summed E-state index contributed by atoms with van der Waals surface area (Å²) in [5.41, 5.74) is 0.893. The predicted octanol–water partition coefficient (Wildman–Crippen LogP) is 4.71.